The van der Waals surface area contributed by atoms with Crippen molar-refractivity contribution in [2.24, 2.45) is 0 Å². The summed E-state index contributed by atoms with van der Waals surface area (Å²) in [6.07, 6.45) is 12.3. The number of hydroxylamine groups is 1. The van der Waals surface area contributed by atoms with Crippen molar-refractivity contribution in [1.82, 2.24) is 10.4 Å². The van der Waals surface area contributed by atoms with Crippen LogP contribution in [0.2, 0.25) is 0 Å². The molecule has 2 rings (SSSR count). The number of amides is 2. The third-order valence-corrected chi connectivity index (χ3v) is 6.06. The van der Waals surface area contributed by atoms with E-state index in [1.807, 2.05) is 18.2 Å². The van der Waals surface area contributed by atoms with Gasteiger partial charge in [-0.2, -0.15) is 0 Å². The molecule has 0 spiro atoms. The van der Waals surface area contributed by atoms with Crippen molar-refractivity contribution in [2.75, 3.05) is 12.4 Å². The predicted molar refractivity (Wildman–Crippen MR) is 120 cm³/mol. The molecule has 2 amide bonds. The minimum atomic E-state index is -1.16. The number of carbonyl (C=O) groups excluding carboxylic acids is 2. The number of alkyl halides is 1. The first kappa shape index (κ1) is 24.5. The first-order chi connectivity index (χ1) is 14.9. The maximum absolute atomic E-state index is 13.1. The minimum absolute atomic E-state index is 0.0941. The lowest BCUT2D eigenvalue weighted by molar-refractivity contribution is -0.139. The van der Waals surface area contributed by atoms with E-state index < -0.39 is 23.2 Å². The Hall–Kier alpha value is -2.73. The fraction of sp³-hybridized carbons (Fsp3) is 0.318. The summed E-state index contributed by atoms with van der Waals surface area (Å²) in [5.41, 5.74) is 2.47. The number of carboxylic acids is 1. The van der Waals surface area contributed by atoms with E-state index in [1.165, 1.54) is 28.2 Å². The van der Waals surface area contributed by atoms with Crippen LogP contribution in [0.5, 0.6) is 0 Å². The molecule has 9 heteroatoms. The highest BCUT2D eigenvalue weighted by Crippen LogP contribution is 2.38. The van der Waals surface area contributed by atoms with E-state index >= 15 is 0 Å². The Balaban J connectivity index is 2.21. The highest BCUT2D eigenvalue weighted by Gasteiger charge is 2.39. The molecular weight excluding hydrogens is 440 g/mol. The fourth-order valence-electron chi connectivity index (χ4n) is 3.11. The number of thioether (sulfide) groups is 1. The Bertz CT molecular complexity index is 926. The van der Waals surface area contributed by atoms with Crippen LogP contribution in [0.25, 0.3) is 0 Å². The second kappa shape index (κ2) is 12.2. The molecular formula is C22H23ClN2O5S. The van der Waals surface area contributed by atoms with Gasteiger partial charge in [0.25, 0.3) is 5.91 Å². The summed E-state index contributed by atoms with van der Waals surface area (Å²) in [6.45, 7) is 3.32. The lowest BCUT2D eigenvalue weighted by Crippen LogP contribution is -2.52. The van der Waals surface area contributed by atoms with E-state index in [-0.39, 0.29) is 18.0 Å². The number of rotatable bonds is 10. The van der Waals surface area contributed by atoms with Crippen molar-refractivity contribution in [3.05, 3.63) is 59.1 Å². The van der Waals surface area contributed by atoms with Crippen molar-refractivity contribution >= 4 is 41.1 Å². The number of hydrogen-bond acceptors (Lipinski definition) is 5. The Morgan fingerprint density at radius 2 is 2.16 bits per heavy atom. The second-order valence-corrected chi connectivity index (χ2v) is 8.24. The SMILES string of the molecule is C=C/C=C(\C=C/CCl)CCCC1SC2=CC=C(C(=O)O)C#CC2N(CC(=O)NO)C1=O. The van der Waals surface area contributed by atoms with Gasteiger partial charge >= 0.3 is 5.97 Å². The average Bonchev–Trinajstić information content (AvgIpc) is 2.97. The maximum Gasteiger partial charge on any atom is 0.344 e. The van der Waals surface area contributed by atoms with Gasteiger partial charge in [0, 0.05) is 10.8 Å². The van der Waals surface area contributed by atoms with Gasteiger partial charge in [-0.1, -0.05) is 42.7 Å². The van der Waals surface area contributed by atoms with Gasteiger partial charge < -0.3 is 10.0 Å². The standard InChI is InChI=1S/C22H23ClN2O5S/c1-2-5-15(7-4-13-23)6-3-8-19-21(27)25(14-20(26)24-30)17-11-9-16(22(28)29)10-12-18(17)31-19/h2,4-5,7,10,12,17,19,30H,1,3,6,8,13-14H2,(H,24,26)(H,28,29)/b7-4-,15-5-. The third-order valence-electron chi connectivity index (χ3n) is 4.53. The monoisotopic (exact) mass is 462 g/mol. The predicted octanol–water partition coefficient (Wildman–Crippen LogP) is 2.79. The van der Waals surface area contributed by atoms with Crippen molar-refractivity contribution in [1.29, 1.82) is 0 Å². The summed E-state index contributed by atoms with van der Waals surface area (Å²) in [6, 6.07) is -0.748. The molecule has 164 valence electrons. The lowest BCUT2D eigenvalue weighted by Gasteiger charge is -2.37. The number of carboxylic acid groups (broad SMARTS) is 1. The third kappa shape index (κ3) is 6.89. The summed E-state index contributed by atoms with van der Waals surface area (Å²) in [5, 5.41) is 17.6. The largest absolute Gasteiger partial charge is 0.477 e. The molecule has 7 nitrogen and oxygen atoms in total. The number of carbonyl (C=O) groups is 3. The topological polar surface area (TPSA) is 107 Å². The van der Waals surface area contributed by atoms with Crippen molar-refractivity contribution < 1.29 is 24.7 Å². The van der Waals surface area contributed by atoms with Gasteiger partial charge in [0.1, 0.15) is 18.2 Å². The van der Waals surface area contributed by atoms with Crippen LogP contribution in [0.4, 0.5) is 0 Å². The van der Waals surface area contributed by atoms with Crippen LogP contribution in [-0.2, 0) is 14.4 Å². The summed E-state index contributed by atoms with van der Waals surface area (Å²) < 4.78 is 0. The number of hydrogen-bond donors (Lipinski definition) is 3. The molecule has 2 atom stereocenters. The molecule has 3 N–H and O–H groups in total. The van der Waals surface area contributed by atoms with E-state index in [2.05, 4.69) is 18.4 Å². The molecule has 1 aliphatic heterocycles. The Morgan fingerprint density at radius 3 is 2.81 bits per heavy atom. The van der Waals surface area contributed by atoms with Crippen molar-refractivity contribution in [3.8, 4) is 11.8 Å². The van der Waals surface area contributed by atoms with Crippen LogP contribution in [-0.4, -0.2) is 56.7 Å². The second-order valence-electron chi connectivity index (χ2n) is 6.66. The zero-order valence-electron chi connectivity index (χ0n) is 16.7. The summed E-state index contributed by atoms with van der Waals surface area (Å²) in [7, 11) is 0. The molecule has 1 aliphatic carbocycles. The van der Waals surface area contributed by atoms with Crippen molar-refractivity contribution in [2.45, 2.75) is 30.6 Å². The molecule has 0 aromatic rings. The highest BCUT2D eigenvalue weighted by atomic mass is 35.5. The van der Waals surface area contributed by atoms with E-state index in [9.17, 15) is 19.5 Å². The van der Waals surface area contributed by atoms with Crippen molar-refractivity contribution in [3.63, 3.8) is 0 Å². The van der Waals surface area contributed by atoms with Gasteiger partial charge in [0.2, 0.25) is 5.91 Å². The van der Waals surface area contributed by atoms with Gasteiger partial charge in [-0.05, 0) is 37.0 Å². The quantitative estimate of drug-likeness (QED) is 0.151. The molecule has 31 heavy (non-hydrogen) atoms. The van der Waals surface area contributed by atoms with Crippen LogP contribution in [0.1, 0.15) is 19.3 Å². The molecule has 0 radical (unpaired) electrons. The summed E-state index contributed by atoms with van der Waals surface area (Å²) >= 11 is 7.02. The van der Waals surface area contributed by atoms with Gasteiger partial charge in [-0.3, -0.25) is 14.8 Å². The number of aliphatic carboxylic acids is 1. The van der Waals surface area contributed by atoms with Gasteiger partial charge in [-0.25, -0.2) is 10.3 Å². The summed E-state index contributed by atoms with van der Waals surface area (Å²) in [5.74, 6) is 3.52. The molecule has 1 fully saturated rings. The zero-order valence-corrected chi connectivity index (χ0v) is 18.3. The minimum Gasteiger partial charge on any atom is -0.477 e. The maximum atomic E-state index is 13.1. The molecule has 0 aromatic heterocycles. The number of nitrogens with one attached hydrogen (secondary N) is 1. The molecule has 0 aromatic carbocycles. The first-order valence-electron chi connectivity index (χ1n) is 9.52. The van der Waals surface area contributed by atoms with E-state index in [1.54, 1.807) is 12.2 Å². The van der Waals surface area contributed by atoms with E-state index in [0.717, 1.165) is 5.57 Å². The molecule has 1 heterocycles. The van der Waals surface area contributed by atoms with Gasteiger partial charge in [0.15, 0.2) is 0 Å². The Kier molecular flexibility index (Phi) is 9.66. The fourth-order valence-corrected chi connectivity index (χ4v) is 4.51. The normalized spacial score (nSPS) is 20.8. The van der Waals surface area contributed by atoms with Gasteiger partial charge in [-0.15, -0.1) is 23.4 Å². The number of halogens is 1. The molecule has 0 saturated carbocycles. The zero-order chi connectivity index (χ0) is 22.8. The van der Waals surface area contributed by atoms with Crippen LogP contribution in [0, 0.1) is 11.8 Å². The van der Waals surface area contributed by atoms with Crippen LogP contribution in [0.15, 0.2) is 59.1 Å². The highest BCUT2D eigenvalue weighted by molar-refractivity contribution is 8.04. The smallest absolute Gasteiger partial charge is 0.344 e. The number of fused-ring (bicyclic) bond motifs is 1. The lowest BCUT2D eigenvalue weighted by atomic mass is 10.0. The Morgan fingerprint density at radius 1 is 1.39 bits per heavy atom. The molecule has 2 unspecified atom stereocenters. The van der Waals surface area contributed by atoms with Crippen LogP contribution < -0.4 is 5.48 Å². The van der Waals surface area contributed by atoms with E-state index in [4.69, 9.17) is 16.8 Å². The first-order valence-corrected chi connectivity index (χ1v) is 10.9. The average molecular weight is 463 g/mol. The van der Waals surface area contributed by atoms with Crippen LogP contribution in [0.3, 0.4) is 0 Å². The van der Waals surface area contributed by atoms with Crippen LogP contribution >= 0.6 is 23.4 Å². The number of nitrogens with zero attached hydrogens (tertiary/aromatic N) is 1. The molecule has 1 saturated heterocycles. The van der Waals surface area contributed by atoms with E-state index in [0.29, 0.717) is 30.0 Å². The van der Waals surface area contributed by atoms with Gasteiger partial charge in [0.05, 0.1) is 5.25 Å². The summed E-state index contributed by atoms with van der Waals surface area (Å²) in [4.78, 5) is 38.1. The number of allylic oxidation sites excluding steroid dienone is 7. The molecule has 0 bridgehead atoms. The Labute approximate surface area is 190 Å². The molecule has 2 aliphatic rings.